The van der Waals surface area contributed by atoms with E-state index in [0.717, 1.165) is 12.0 Å². The molecule has 0 bridgehead atoms. The first kappa shape index (κ1) is 18.3. The maximum atomic E-state index is 12.4. The summed E-state index contributed by atoms with van der Waals surface area (Å²) in [6.45, 7) is 2.40. The van der Waals surface area contributed by atoms with E-state index in [4.69, 9.17) is 16.3 Å². The lowest BCUT2D eigenvalue weighted by Crippen LogP contribution is -2.28. The monoisotopic (exact) mass is 372 g/mol. The molecular weight excluding hydrogens is 352 g/mol. The number of anilines is 1. The molecule has 0 aliphatic heterocycles. The molecular formula is C20H21ClN2O3. The van der Waals surface area contributed by atoms with Gasteiger partial charge < -0.3 is 15.4 Å². The Bertz CT molecular complexity index is 792. The Kier molecular flexibility index (Phi) is 5.78. The zero-order chi connectivity index (χ0) is 18.5. The molecule has 26 heavy (non-hydrogen) atoms. The molecule has 1 aliphatic carbocycles. The van der Waals surface area contributed by atoms with Gasteiger partial charge in [0, 0.05) is 23.2 Å². The standard InChI is InChI=1S/C20H21ClN2O3/c1-2-22-19(24)12-26-14-9-7-13(8-10-14)23-20(25)17-11-16(17)15-5-3-4-6-18(15)21/h3-10,16-17H,2,11-12H2,1H3,(H,22,24)(H,23,25). The largest absolute Gasteiger partial charge is 0.484 e. The van der Waals surface area contributed by atoms with Crippen molar-refractivity contribution in [3.8, 4) is 5.75 Å². The van der Waals surface area contributed by atoms with Crippen molar-refractivity contribution in [2.24, 2.45) is 5.92 Å². The highest BCUT2D eigenvalue weighted by molar-refractivity contribution is 6.31. The molecule has 2 N–H and O–H groups in total. The number of halogens is 1. The number of amides is 2. The number of hydrogen-bond donors (Lipinski definition) is 2. The fraction of sp³-hybridized carbons (Fsp3) is 0.300. The second-order valence-corrected chi connectivity index (χ2v) is 6.63. The molecule has 0 aromatic heterocycles. The second kappa shape index (κ2) is 8.23. The number of likely N-dealkylation sites (N-methyl/N-ethyl adjacent to an activating group) is 1. The molecule has 6 heteroatoms. The van der Waals surface area contributed by atoms with Crippen molar-refractivity contribution < 1.29 is 14.3 Å². The zero-order valence-corrected chi connectivity index (χ0v) is 15.3. The third-order valence-electron chi connectivity index (χ3n) is 4.30. The molecule has 0 radical (unpaired) electrons. The van der Waals surface area contributed by atoms with Crippen molar-refractivity contribution in [3.05, 3.63) is 59.1 Å². The fourth-order valence-electron chi connectivity index (χ4n) is 2.87. The minimum absolute atomic E-state index is 0.00842. The second-order valence-electron chi connectivity index (χ2n) is 6.23. The van der Waals surface area contributed by atoms with E-state index in [9.17, 15) is 9.59 Å². The molecule has 1 aliphatic rings. The predicted molar refractivity (Wildman–Crippen MR) is 102 cm³/mol. The lowest BCUT2D eigenvalue weighted by atomic mass is 10.1. The number of rotatable bonds is 7. The van der Waals surface area contributed by atoms with Gasteiger partial charge in [0.15, 0.2) is 6.61 Å². The summed E-state index contributed by atoms with van der Waals surface area (Å²) in [6.07, 6.45) is 0.809. The van der Waals surface area contributed by atoms with Gasteiger partial charge in [0.05, 0.1) is 0 Å². The summed E-state index contributed by atoms with van der Waals surface area (Å²) in [6, 6.07) is 14.6. The Balaban J connectivity index is 1.51. The molecule has 2 aromatic rings. The summed E-state index contributed by atoms with van der Waals surface area (Å²) in [5.74, 6) is 0.539. The van der Waals surface area contributed by atoms with E-state index < -0.39 is 0 Å². The van der Waals surface area contributed by atoms with E-state index in [-0.39, 0.29) is 30.3 Å². The molecule has 2 unspecified atom stereocenters. The van der Waals surface area contributed by atoms with Gasteiger partial charge in [-0.2, -0.15) is 0 Å². The Hall–Kier alpha value is -2.53. The van der Waals surface area contributed by atoms with Crippen LogP contribution in [0.2, 0.25) is 5.02 Å². The smallest absolute Gasteiger partial charge is 0.257 e. The Morgan fingerprint density at radius 3 is 2.58 bits per heavy atom. The summed E-state index contributed by atoms with van der Waals surface area (Å²) in [4.78, 5) is 23.8. The van der Waals surface area contributed by atoms with Gasteiger partial charge in [-0.25, -0.2) is 0 Å². The van der Waals surface area contributed by atoms with E-state index in [2.05, 4.69) is 10.6 Å². The van der Waals surface area contributed by atoms with Crippen LogP contribution in [0.25, 0.3) is 0 Å². The molecule has 136 valence electrons. The van der Waals surface area contributed by atoms with E-state index in [1.165, 1.54) is 0 Å². The summed E-state index contributed by atoms with van der Waals surface area (Å²) in [5, 5.41) is 6.29. The molecule has 5 nitrogen and oxygen atoms in total. The topological polar surface area (TPSA) is 67.4 Å². The highest BCUT2D eigenvalue weighted by Crippen LogP contribution is 2.50. The Morgan fingerprint density at radius 2 is 1.88 bits per heavy atom. The van der Waals surface area contributed by atoms with Crippen LogP contribution in [0.15, 0.2) is 48.5 Å². The maximum absolute atomic E-state index is 12.4. The number of carbonyl (C=O) groups excluding carboxylic acids is 2. The van der Waals surface area contributed by atoms with Crippen LogP contribution < -0.4 is 15.4 Å². The highest BCUT2D eigenvalue weighted by atomic mass is 35.5. The van der Waals surface area contributed by atoms with Crippen LogP contribution in [-0.4, -0.2) is 25.0 Å². The van der Waals surface area contributed by atoms with Gasteiger partial charge in [0.1, 0.15) is 5.75 Å². The molecule has 0 saturated heterocycles. The molecule has 0 spiro atoms. The number of ether oxygens (including phenoxy) is 1. The minimum Gasteiger partial charge on any atom is -0.484 e. The molecule has 0 heterocycles. The van der Waals surface area contributed by atoms with Gasteiger partial charge in [-0.15, -0.1) is 0 Å². The van der Waals surface area contributed by atoms with Crippen LogP contribution in [0, 0.1) is 5.92 Å². The van der Waals surface area contributed by atoms with Crippen LogP contribution in [0.3, 0.4) is 0 Å². The number of nitrogens with one attached hydrogen (secondary N) is 2. The van der Waals surface area contributed by atoms with E-state index in [0.29, 0.717) is 23.0 Å². The summed E-state index contributed by atoms with van der Waals surface area (Å²) in [5.41, 5.74) is 1.73. The van der Waals surface area contributed by atoms with Crippen LogP contribution in [0.4, 0.5) is 5.69 Å². The van der Waals surface area contributed by atoms with Crippen molar-refractivity contribution in [1.29, 1.82) is 0 Å². The lowest BCUT2D eigenvalue weighted by molar-refractivity contribution is -0.123. The average Bonchev–Trinajstić information content (AvgIpc) is 3.42. The van der Waals surface area contributed by atoms with Crippen molar-refractivity contribution in [2.45, 2.75) is 19.3 Å². The van der Waals surface area contributed by atoms with E-state index in [1.54, 1.807) is 24.3 Å². The molecule has 1 saturated carbocycles. The van der Waals surface area contributed by atoms with E-state index in [1.807, 2.05) is 31.2 Å². The van der Waals surface area contributed by atoms with Gasteiger partial charge in [-0.1, -0.05) is 29.8 Å². The Labute approximate surface area is 157 Å². The quantitative estimate of drug-likeness (QED) is 0.780. The van der Waals surface area contributed by atoms with Crippen LogP contribution in [-0.2, 0) is 9.59 Å². The number of carbonyl (C=O) groups is 2. The Morgan fingerprint density at radius 1 is 1.15 bits per heavy atom. The molecule has 2 atom stereocenters. The number of hydrogen-bond acceptors (Lipinski definition) is 3. The molecule has 1 fully saturated rings. The van der Waals surface area contributed by atoms with Crippen molar-refractivity contribution in [1.82, 2.24) is 5.32 Å². The molecule has 2 aromatic carbocycles. The average molecular weight is 373 g/mol. The van der Waals surface area contributed by atoms with E-state index >= 15 is 0 Å². The third-order valence-corrected chi connectivity index (χ3v) is 4.64. The van der Waals surface area contributed by atoms with Gasteiger partial charge in [-0.3, -0.25) is 9.59 Å². The first-order chi connectivity index (χ1) is 12.6. The first-order valence-corrected chi connectivity index (χ1v) is 9.01. The molecule has 2 amide bonds. The normalized spacial score (nSPS) is 18.1. The summed E-state index contributed by atoms with van der Waals surface area (Å²) >= 11 is 6.20. The maximum Gasteiger partial charge on any atom is 0.257 e. The zero-order valence-electron chi connectivity index (χ0n) is 14.5. The van der Waals surface area contributed by atoms with Crippen molar-refractivity contribution in [2.75, 3.05) is 18.5 Å². The molecule has 3 rings (SSSR count). The van der Waals surface area contributed by atoms with Crippen LogP contribution >= 0.6 is 11.6 Å². The van der Waals surface area contributed by atoms with Crippen molar-refractivity contribution in [3.63, 3.8) is 0 Å². The first-order valence-electron chi connectivity index (χ1n) is 8.63. The van der Waals surface area contributed by atoms with Crippen LogP contribution in [0.1, 0.15) is 24.8 Å². The summed E-state index contributed by atoms with van der Waals surface area (Å²) in [7, 11) is 0. The van der Waals surface area contributed by atoms with Gasteiger partial charge in [0.2, 0.25) is 5.91 Å². The minimum atomic E-state index is -0.163. The van der Waals surface area contributed by atoms with Gasteiger partial charge in [0.25, 0.3) is 5.91 Å². The van der Waals surface area contributed by atoms with Crippen LogP contribution in [0.5, 0.6) is 5.75 Å². The third kappa shape index (κ3) is 4.55. The summed E-state index contributed by atoms with van der Waals surface area (Å²) < 4.78 is 5.39. The fourth-order valence-corrected chi connectivity index (χ4v) is 3.15. The SMILES string of the molecule is CCNC(=O)COc1ccc(NC(=O)C2CC2c2ccccc2Cl)cc1. The predicted octanol–water partition coefficient (Wildman–Crippen LogP) is 3.60. The number of benzene rings is 2. The van der Waals surface area contributed by atoms with Crippen molar-refractivity contribution >= 4 is 29.1 Å². The lowest BCUT2D eigenvalue weighted by Gasteiger charge is -2.08. The highest BCUT2D eigenvalue weighted by Gasteiger charge is 2.44. The van der Waals surface area contributed by atoms with Gasteiger partial charge in [-0.05, 0) is 55.2 Å². The van der Waals surface area contributed by atoms with Gasteiger partial charge >= 0.3 is 0 Å².